The highest BCUT2D eigenvalue weighted by atomic mass is 16.5. The van der Waals surface area contributed by atoms with Gasteiger partial charge in [0.15, 0.2) is 11.5 Å². The molecule has 24 heavy (non-hydrogen) atoms. The number of amides is 1. The number of nitrogens with zero attached hydrogens (tertiary/aromatic N) is 1. The Hall–Kier alpha value is -3.28. The molecule has 0 spiro atoms. The van der Waals surface area contributed by atoms with Crippen molar-refractivity contribution in [2.75, 3.05) is 12.4 Å². The Morgan fingerprint density at radius 2 is 2.00 bits per heavy atom. The molecule has 0 aliphatic carbocycles. The molecule has 2 heterocycles. The molecule has 6 nitrogen and oxygen atoms in total. The minimum absolute atomic E-state index is 0.256. The van der Waals surface area contributed by atoms with Gasteiger partial charge in [-0.1, -0.05) is 0 Å². The van der Waals surface area contributed by atoms with Crippen molar-refractivity contribution in [1.29, 1.82) is 0 Å². The first kappa shape index (κ1) is 15.6. The van der Waals surface area contributed by atoms with Gasteiger partial charge < -0.3 is 19.2 Å². The third-order valence-corrected chi connectivity index (χ3v) is 3.35. The fourth-order valence-electron chi connectivity index (χ4n) is 2.10. The van der Waals surface area contributed by atoms with Crippen LogP contribution in [0.1, 0.15) is 15.9 Å². The van der Waals surface area contributed by atoms with Crippen LogP contribution in [0.15, 0.2) is 65.7 Å². The highest BCUT2D eigenvalue weighted by molar-refractivity contribution is 6.04. The molecule has 2 aromatic heterocycles. The molecule has 1 N–H and O–H groups in total. The topological polar surface area (TPSA) is 73.6 Å². The van der Waals surface area contributed by atoms with Crippen LogP contribution in [0.3, 0.4) is 0 Å². The maximum Gasteiger partial charge on any atom is 0.258 e. The van der Waals surface area contributed by atoms with Crippen molar-refractivity contribution < 1.29 is 18.7 Å². The minimum atomic E-state index is -0.256. The highest BCUT2D eigenvalue weighted by Crippen LogP contribution is 2.31. The smallest absolute Gasteiger partial charge is 0.258 e. The number of carbonyl (C=O) groups excluding carboxylic acids is 1. The van der Waals surface area contributed by atoms with Crippen LogP contribution in [0.5, 0.6) is 11.5 Å². The predicted octanol–water partition coefficient (Wildman–Crippen LogP) is 3.51. The van der Waals surface area contributed by atoms with Crippen LogP contribution in [-0.2, 0) is 6.61 Å². The van der Waals surface area contributed by atoms with Gasteiger partial charge in [0, 0.05) is 24.1 Å². The molecule has 0 aliphatic rings. The molecular weight excluding hydrogens is 308 g/mol. The van der Waals surface area contributed by atoms with E-state index in [9.17, 15) is 4.79 Å². The molecule has 0 radical (unpaired) electrons. The van der Waals surface area contributed by atoms with Crippen LogP contribution < -0.4 is 14.8 Å². The highest BCUT2D eigenvalue weighted by Gasteiger charge is 2.11. The SMILES string of the molecule is COc1ccc(NC(=O)c2ccoc2)cc1OCc1ccncc1. The molecule has 122 valence electrons. The van der Waals surface area contributed by atoms with E-state index in [1.165, 1.54) is 12.5 Å². The number of furan rings is 1. The van der Waals surface area contributed by atoms with E-state index in [0.717, 1.165) is 5.56 Å². The second kappa shape index (κ2) is 7.32. The molecule has 3 rings (SSSR count). The van der Waals surface area contributed by atoms with E-state index in [1.807, 2.05) is 12.1 Å². The summed E-state index contributed by atoms with van der Waals surface area (Å²) >= 11 is 0. The van der Waals surface area contributed by atoms with Crippen molar-refractivity contribution in [3.63, 3.8) is 0 Å². The van der Waals surface area contributed by atoms with Gasteiger partial charge in [-0.3, -0.25) is 9.78 Å². The van der Waals surface area contributed by atoms with E-state index in [4.69, 9.17) is 13.9 Å². The number of ether oxygens (including phenoxy) is 2. The number of hydrogen-bond acceptors (Lipinski definition) is 5. The Balaban J connectivity index is 1.74. The van der Waals surface area contributed by atoms with E-state index in [2.05, 4.69) is 10.3 Å². The van der Waals surface area contributed by atoms with E-state index in [0.29, 0.717) is 29.4 Å². The number of aromatic nitrogens is 1. The maximum absolute atomic E-state index is 12.1. The largest absolute Gasteiger partial charge is 0.493 e. The van der Waals surface area contributed by atoms with Gasteiger partial charge in [-0.25, -0.2) is 0 Å². The van der Waals surface area contributed by atoms with Crippen molar-refractivity contribution in [1.82, 2.24) is 4.98 Å². The van der Waals surface area contributed by atoms with Crippen LogP contribution in [0, 0.1) is 0 Å². The van der Waals surface area contributed by atoms with Gasteiger partial charge in [-0.15, -0.1) is 0 Å². The molecular formula is C18H16N2O4. The zero-order chi connectivity index (χ0) is 16.8. The maximum atomic E-state index is 12.1. The predicted molar refractivity (Wildman–Crippen MR) is 88.2 cm³/mol. The molecule has 0 saturated carbocycles. The lowest BCUT2D eigenvalue weighted by Gasteiger charge is -2.13. The lowest BCUT2D eigenvalue weighted by molar-refractivity contribution is 0.102. The average Bonchev–Trinajstić information content (AvgIpc) is 3.16. The number of pyridine rings is 1. The summed E-state index contributed by atoms with van der Waals surface area (Å²) in [6, 6.07) is 10.6. The summed E-state index contributed by atoms with van der Waals surface area (Å²) in [7, 11) is 1.57. The van der Waals surface area contributed by atoms with Crippen LogP contribution in [0.2, 0.25) is 0 Å². The molecule has 6 heteroatoms. The van der Waals surface area contributed by atoms with Gasteiger partial charge in [0.25, 0.3) is 5.91 Å². The van der Waals surface area contributed by atoms with Crippen LogP contribution in [-0.4, -0.2) is 18.0 Å². The summed E-state index contributed by atoms with van der Waals surface area (Å²) in [5.41, 5.74) is 2.04. The molecule has 1 amide bonds. The van der Waals surface area contributed by atoms with Crippen molar-refractivity contribution in [2.45, 2.75) is 6.61 Å². The fraction of sp³-hybridized carbons (Fsp3) is 0.111. The summed E-state index contributed by atoms with van der Waals surface area (Å²) in [6.07, 6.45) is 6.25. The minimum Gasteiger partial charge on any atom is -0.493 e. The van der Waals surface area contributed by atoms with Gasteiger partial charge in [-0.2, -0.15) is 0 Å². The first-order valence-electron chi connectivity index (χ1n) is 7.29. The Morgan fingerprint density at radius 1 is 1.17 bits per heavy atom. The number of methoxy groups -OCH3 is 1. The van der Waals surface area contributed by atoms with Gasteiger partial charge in [0.1, 0.15) is 12.9 Å². The summed E-state index contributed by atoms with van der Waals surface area (Å²) in [4.78, 5) is 16.0. The van der Waals surface area contributed by atoms with E-state index in [-0.39, 0.29) is 5.91 Å². The number of hydrogen-bond donors (Lipinski definition) is 1. The lowest BCUT2D eigenvalue weighted by Crippen LogP contribution is -2.11. The molecule has 0 fully saturated rings. The number of carbonyl (C=O) groups is 1. The number of nitrogens with one attached hydrogen (secondary N) is 1. The Morgan fingerprint density at radius 3 is 2.71 bits per heavy atom. The van der Waals surface area contributed by atoms with Crippen molar-refractivity contribution in [2.24, 2.45) is 0 Å². The Labute approximate surface area is 139 Å². The lowest BCUT2D eigenvalue weighted by atomic mass is 10.2. The van der Waals surface area contributed by atoms with Gasteiger partial charge in [0.05, 0.1) is 18.9 Å². The number of rotatable bonds is 6. The molecule has 0 aliphatic heterocycles. The summed E-state index contributed by atoms with van der Waals surface area (Å²) in [6.45, 7) is 0.373. The number of anilines is 1. The first-order valence-corrected chi connectivity index (χ1v) is 7.29. The zero-order valence-corrected chi connectivity index (χ0v) is 13.1. The van der Waals surface area contributed by atoms with Crippen molar-refractivity contribution in [3.05, 3.63) is 72.4 Å². The van der Waals surface area contributed by atoms with Gasteiger partial charge in [-0.05, 0) is 35.9 Å². The Bertz CT molecular complexity index is 801. The average molecular weight is 324 g/mol. The van der Waals surface area contributed by atoms with Crippen LogP contribution >= 0.6 is 0 Å². The monoisotopic (exact) mass is 324 g/mol. The third kappa shape index (κ3) is 3.73. The zero-order valence-electron chi connectivity index (χ0n) is 13.1. The fourth-order valence-corrected chi connectivity index (χ4v) is 2.10. The van der Waals surface area contributed by atoms with E-state index >= 15 is 0 Å². The second-order valence-electron chi connectivity index (χ2n) is 4.98. The Kier molecular flexibility index (Phi) is 4.76. The van der Waals surface area contributed by atoms with E-state index in [1.54, 1.807) is 43.8 Å². The summed E-state index contributed by atoms with van der Waals surface area (Å²) < 4.78 is 16.0. The standard InChI is InChI=1S/C18H16N2O4/c1-22-16-3-2-15(20-18(21)14-6-9-23-12-14)10-17(16)24-11-13-4-7-19-8-5-13/h2-10,12H,11H2,1H3,(H,20,21). The second-order valence-corrected chi connectivity index (χ2v) is 4.98. The van der Waals surface area contributed by atoms with Crippen molar-refractivity contribution in [3.8, 4) is 11.5 Å². The first-order chi connectivity index (χ1) is 11.8. The third-order valence-electron chi connectivity index (χ3n) is 3.35. The van der Waals surface area contributed by atoms with Crippen LogP contribution in [0.4, 0.5) is 5.69 Å². The summed E-state index contributed by atoms with van der Waals surface area (Å²) in [5, 5.41) is 2.79. The van der Waals surface area contributed by atoms with Gasteiger partial charge in [0.2, 0.25) is 0 Å². The molecule has 0 bridgehead atoms. The van der Waals surface area contributed by atoms with Crippen LogP contribution in [0.25, 0.3) is 0 Å². The molecule has 3 aromatic rings. The molecule has 0 atom stereocenters. The quantitative estimate of drug-likeness (QED) is 0.751. The summed E-state index contributed by atoms with van der Waals surface area (Å²) in [5.74, 6) is 0.874. The van der Waals surface area contributed by atoms with Gasteiger partial charge >= 0.3 is 0 Å². The molecule has 0 unspecified atom stereocenters. The molecule has 0 saturated heterocycles. The van der Waals surface area contributed by atoms with Crippen molar-refractivity contribution >= 4 is 11.6 Å². The normalized spacial score (nSPS) is 10.2. The van der Waals surface area contributed by atoms with E-state index < -0.39 is 0 Å². The molecule has 1 aromatic carbocycles. The number of benzene rings is 1.